The third-order valence-electron chi connectivity index (χ3n) is 2.90. The number of sulfonamides is 1. The Bertz CT molecular complexity index is 567. The summed E-state index contributed by atoms with van der Waals surface area (Å²) in [7, 11) is -3.80. The van der Waals surface area contributed by atoms with E-state index in [2.05, 4.69) is 0 Å². The molecule has 1 fully saturated rings. The third kappa shape index (κ3) is 3.78. The first-order valence-corrected chi connectivity index (χ1v) is 8.54. The highest BCUT2D eigenvalue weighted by Gasteiger charge is 2.24. The summed E-state index contributed by atoms with van der Waals surface area (Å²) in [6, 6.07) is 1.56. The van der Waals surface area contributed by atoms with Gasteiger partial charge in [-0.1, -0.05) is 0 Å². The first-order valence-electron chi connectivity index (χ1n) is 6.24. The SMILES string of the molecule is Cc1cc(S(=O)(=O)NC(=O)CC2OCCCO2)sc1C. The van der Waals surface area contributed by atoms with Crippen LogP contribution in [0.1, 0.15) is 23.3 Å². The van der Waals surface area contributed by atoms with Crippen LogP contribution < -0.4 is 4.72 Å². The van der Waals surface area contributed by atoms with E-state index in [1.807, 2.05) is 18.6 Å². The zero-order valence-electron chi connectivity index (χ0n) is 11.3. The molecule has 1 aromatic heterocycles. The van der Waals surface area contributed by atoms with Crippen molar-refractivity contribution in [1.82, 2.24) is 4.72 Å². The van der Waals surface area contributed by atoms with E-state index in [-0.39, 0.29) is 10.6 Å². The summed E-state index contributed by atoms with van der Waals surface area (Å²) in [5, 5.41) is 0. The maximum absolute atomic E-state index is 12.0. The van der Waals surface area contributed by atoms with E-state index in [4.69, 9.17) is 9.47 Å². The lowest BCUT2D eigenvalue weighted by Gasteiger charge is -2.22. The van der Waals surface area contributed by atoms with E-state index in [9.17, 15) is 13.2 Å². The van der Waals surface area contributed by atoms with Crippen molar-refractivity contribution in [3.63, 3.8) is 0 Å². The summed E-state index contributed by atoms with van der Waals surface area (Å²) in [6.45, 7) is 4.71. The number of amides is 1. The average Bonchev–Trinajstić information content (AvgIpc) is 2.71. The molecule has 2 heterocycles. The molecule has 0 bridgehead atoms. The van der Waals surface area contributed by atoms with E-state index >= 15 is 0 Å². The van der Waals surface area contributed by atoms with Crippen LogP contribution >= 0.6 is 11.3 Å². The Kier molecular flexibility index (Phi) is 4.79. The van der Waals surface area contributed by atoms with E-state index in [0.29, 0.717) is 13.2 Å². The number of carbonyl (C=O) groups excluding carboxylic acids is 1. The molecule has 0 aromatic carbocycles. The molecular weight excluding hydrogens is 302 g/mol. The third-order valence-corrected chi connectivity index (χ3v) is 5.90. The molecule has 0 radical (unpaired) electrons. The van der Waals surface area contributed by atoms with E-state index in [1.165, 1.54) is 0 Å². The largest absolute Gasteiger partial charge is 0.352 e. The minimum atomic E-state index is -3.80. The van der Waals surface area contributed by atoms with E-state index in [0.717, 1.165) is 28.2 Å². The van der Waals surface area contributed by atoms with Crippen molar-refractivity contribution in [2.24, 2.45) is 0 Å². The molecule has 1 aromatic rings. The summed E-state index contributed by atoms with van der Waals surface area (Å²) in [4.78, 5) is 12.7. The van der Waals surface area contributed by atoms with Gasteiger partial charge in [0.25, 0.3) is 10.0 Å². The predicted octanol–water partition coefficient (Wildman–Crippen LogP) is 1.32. The van der Waals surface area contributed by atoms with Crippen LogP contribution in [-0.4, -0.2) is 33.8 Å². The Hall–Kier alpha value is -0.960. The van der Waals surface area contributed by atoms with Crippen LogP contribution in [0.4, 0.5) is 0 Å². The van der Waals surface area contributed by atoms with Gasteiger partial charge in [0.05, 0.1) is 19.6 Å². The van der Waals surface area contributed by atoms with Crippen LogP contribution in [0.2, 0.25) is 0 Å². The van der Waals surface area contributed by atoms with Gasteiger partial charge in [-0.15, -0.1) is 11.3 Å². The monoisotopic (exact) mass is 319 g/mol. The first kappa shape index (κ1) is 15.4. The summed E-state index contributed by atoms with van der Waals surface area (Å²) >= 11 is 1.14. The zero-order chi connectivity index (χ0) is 14.8. The Labute approximate surface area is 122 Å². The van der Waals surface area contributed by atoms with Crippen molar-refractivity contribution in [2.75, 3.05) is 13.2 Å². The Balaban J connectivity index is 1.98. The molecular formula is C12H17NO5S2. The maximum atomic E-state index is 12.0. The molecule has 1 amide bonds. The fraction of sp³-hybridized carbons (Fsp3) is 0.583. The molecule has 112 valence electrons. The van der Waals surface area contributed by atoms with Crippen molar-refractivity contribution in [1.29, 1.82) is 0 Å². The van der Waals surface area contributed by atoms with Gasteiger partial charge in [-0.05, 0) is 31.9 Å². The smallest absolute Gasteiger partial charge is 0.273 e. The Morgan fingerprint density at radius 2 is 2.05 bits per heavy atom. The number of thiophene rings is 1. The van der Waals surface area contributed by atoms with E-state index < -0.39 is 22.2 Å². The normalized spacial score (nSPS) is 17.1. The standard InChI is InChI=1S/C12H17NO5S2/c1-8-6-12(19-9(8)2)20(15,16)13-10(14)7-11-17-4-3-5-18-11/h6,11H,3-5,7H2,1-2H3,(H,13,14). The Morgan fingerprint density at radius 3 is 2.60 bits per heavy atom. The summed E-state index contributed by atoms with van der Waals surface area (Å²) < 4.78 is 36.7. The van der Waals surface area contributed by atoms with Gasteiger partial charge in [-0.3, -0.25) is 4.79 Å². The summed E-state index contributed by atoms with van der Waals surface area (Å²) in [5.41, 5.74) is 0.891. The fourth-order valence-corrected chi connectivity index (χ4v) is 4.23. The van der Waals surface area contributed by atoms with Gasteiger partial charge >= 0.3 is 0 Å². The van der Waals surface area contributed by atoms with Gasteiger partial charge < -0.3 is 9.47 Å². The van der Waals surface area contributed by atoms with Crippen LogP contribution in [0, 0.1) is 13.8 Å². The minimum absolute atomic E-state index is 0.122. The number of rotatable bonds is 4. The number of nitrogens with one attached hydrogen (secondary N) is 1. The molecule has 0 unspecified atom stereocenters. The number of hydrogen-bond acceptors (Lipinski definition) is 6. The quantitative estimate of drug-likeness (QED) is 0.905. The Morgan fingerprint density at radius 1 is 1.40 bits per heavy atom. The van der Waals surface area contributed by atoms with Crippen LogP contribution in [0.5, 0.6) is 0 Å². The molecule has 0 spiro atoms. The van der Waals surface area contributed by atoms with Crippen molar-refractivity contribution in [3.8, 4) is 0 Å². The minimum Gasteiger partial charge on any atom is -0.352 e. The lowest BCUT2D eigenvalue weighted by molar-refractivity contribution is -0.183. The second-order valence-electron chi connectivity index (χ2n) is 4.56. The molecule has 1 N–H and O–H groups in total. The van der Waals surface area contributed by atoms with Crippen molar-refractivity contribution in [3.05, 3.63) is 16.5 Å². The van der Waals surface area contributed by atoms with Gasteiger partial charge in [0, 0.05) is 4.88 Å². The van der Waals surface area contributed by atoms with Crippen LogP contribution in [0.3, 0.4) is 0 Å². The van der Waals surface area contributed by atoms with Gasteiger partial charge in [0.15, 0.2) is 6.29 Å². The average molecular weight is 319 g/mol. The number of hydrogen-bond donors (Lipinski definition) is 1. The maximum Gasteiger partial charge on any atom is 0.273 e. The van der Waals surface area contributed by atoms with Crippen LogP contribution in [-0.2, 0) is 24.3 Å². The van der Waals surface area contributed by atoms with Crippen LogP contribution in [0.25, 0.3) is 0 Å². The molecule has 0 aliphatic carbocycles. The van der Waals surface area contributed by atoms with Gasteiger partial charge in [0.1, 0.15) is 4.21 Å². The van der Waals surface area contributed by atoms with Crippen molar-refractivity contribution in [2.45, 2.75) is 37.2 Å². The highest BCUT2D eigenvalue weighted by atomic mass is 32.2. The second-order valence-corrected chi connectivity index (χ2v) is 7.73. The van der Waals surface area contributed by atoms with Crippen molar-refractivity contribution < 1.29 is 22.7 Å². The second kappa shape index (κ2) is 6.21. The molecule has 0 saturated carbocycles. The highest BCUT2D eigenvalue weighted by molar-refractivity contribution is 7.92. The predicted molar refractivity (Wildman–Crippen MR) is 74.0 cm³/mol. The highest BCUT2D eigenvalue weighted by Crippen LogP contribution is 2.24. The molecule has 1 aliphatic heterocycles. The van der Waals surface area contributed by atoms with Gasteiger partial charge in [-0.2, -0.15) is 0 Å². The first-order chi connectivity index (χ1) is 9.38. The fourth-order valence-electron chi connectivity index (χ4n) is 1.72. The number of carbonyl (C=O) groups is 1. The van der Waals surface area contributed by atoms with Crippen LogP contribution in [0.15, 0.2) is 10.3 Å². The van der Waals surface area contributed by atoms with E-state index in [1.54, 1.807) is 6.07 Å². The lowest BCUT2D eigenvalue weighted by Crippen LogP contribution is -2.35. The molecule has 1 saturated heterocycles. The van der Waals surface area contributed by atoms with Crippen molar-refractivity contribution >= 4 is 27.3 Å². The lowest BCUT2D eigenvalue weighted by atomic mass is 10.3. The summed E-state index contributed by atoms with van der Waals surface area (Å²) in [5.74, 6) is -0.624. The topological polar surface area (TPSA) is 81.7 Å². The molecule has 20 heavy (non-hydrogen) atoms. The summed E-state index contributed by atoms with van der Waals surface area (Å²) in [6.07, 6.45) is -0.00187. The molecule has 1 aliphatic rings. The molecule has 2 rings (SSSR count). The molecule has 6 nitrogen and oxygen atoms in total. The van der Waals surface area contributed by atoms with Gasteiger partial charge in [-0.25, -0.2) is 13.1 Å². The zero-order valence-corrected chi connectivity index (χ0v) is 13.0. The molecule has 8 heteroatoms. The number of aryl methyl sites for hydroxylation is 2. The molecule has 0 atom stereocenters. The van der Waals surface area contributed by atoms with Gasteiger partial charge in [0.2, 0.25) is 5.91 Å². The number of ether oxygens (including phenoxy) is 2.